The molecule has 0 saturated carbocycles. The number of amides is 1. The van der Waals surface area contributed by atoms with Crippen molar-refractivity contribution in [2.45, 2.75) is 13.1 Å². The summed E-state index contributed by atoms with van der Waals surface area (Å²) in [5.41, 5.74) is 3.11. The molecule has 2 aromatic rings. The average molecular weight is 367 g/mol. The molecule has 0 spiro atoms. The van der Waals surface area contributed by atoms with Gasteiger partial charge in [0, 0.05) is 32.9 Å². The van der Waals surface area contributed by atoms with E-state index in [-0.39, 0.29) is 5.91 Å². The van der Waals surface area contributed by atoms with Crippen molar-refractivity contribution in [3.63, 3.8) is 0 Å². The molecule has 0 bridgehead atoms. The second kappa shape index (κ2) is 10.3. The maximum atomic E-state index is 11.9. The van der Waals surface area contributed by atoms with E-state index in [1.807, 2.05) is 68.5 Å². The van der Waals surface area contributed by atoms with Crippen LogP contribution in [0.2, 0.25) is 0 Å². The van der Waals surface area contributed by atoms with Crippen LogP contribution in [0.25, 0.3) is 0 Å². The summed E-state index contributed by atoms with van der Waals surface area (Å²) in [6, 6.07) is 18.1. The Balaban J connectivity index is 1.92. The van der Waals surface area contributed by atoms with Gasteiger partial charge in [0.15, 0.2) is 5.96 Å². The van der Waals surface area contributed by atoms with Gasteiger partial charge in [-0.15, -0.1) is 0 Å². The number of hydrogen-bond acceptors (Lipinski definition) is 3. The Kier molecular flexibility index (Phi) is 7.82. The van der Waals surface area contributed by atoms with Crippen molar-refractivity contribution in [2.75, 3.05) is 40.1 Å². The van der Waals surface area contributed by atoms with Gasteiger partial charge in [-0.3, -0.25) is 9.79 Å². The Labute approximate surface area is 161 Å². The number of nitrogens with one attached hydrogen (secondary N) is 2. The van der Waals surface area contributed by atoms with Gasteiger partial charge < -0.3 is 20.4 Å². The molecule has 0 aliphatic carbocycles. The van der Waals surface area contributed by atoms with E-state index in [0.717, 1.165) is 23.8 Å². The smallest absolute Gasteiger partial charge is 0.238 e. The van der Waals surface area contributed by atoms with Crippen LogP contribution in [0.1, 0.15) is 11.1 Å². The van der Waals surface area contributed by atoms with E-state index < -0.39 is 0 Å². The van der Waals surface area contributed by atoms with Crippen LogP contribution in [0.5, 0.6) is 0 Å². The van der Waals surface area contributed by atoms with E-state index in [2.05, 4.69) is 32.7 Å². The topological polar surface area (TPSA) is 60.0 Å². The number of hydrogen-bond donors (Lipinski definition) is 2. The molecule has 0 atom stereocenters. The van der Waals surface area contributed by atoms with Crippen LogP contribution in [0.4, 0.5) is 5.69 Å². The van der Waals surface area contributed by atoms with Crippen LogP contribution >= 0.6 is 0 Å². The molecule has 0 heterocycles. The second-order valence-electron chi connectivity index (χ2n) is 6.73. The van der Waals surface area contributed by atoms with Crippen molar-refractivity contribution in [3.8, 4) is 0 Å². The summed E-state index contributed by atoms with van der Waals surface area (Å²) in [4.78, 5) is 20.2. The fourth-order valence-electron chi connectivity index (χ4n) is 2.74. The van der Waals surface area contributed by atoms with Crippen molar-refractivity contribution in [3.05, 3.63) is 65.7 Å². The fourth-order valence-corrected chi connectivity index (χ4v) is 2.74. The fraction of sp³-hybridized carbons (Fsp3) is 0.333. The summed E-state index contributed by atoms with van der Waals surface area (Å²) < 4.78 is 0. The Morgan fingerprint density at radius 3 is 2.37 bits per heavy atom. The first-order valence-corrected chi connectivity index (χ1v) is 8.97. The van der Waals surface area contributed by atoms with Crippen molar-refractivity contribution in [2.24, 2.45) is 4.99 Å². The van der Waals surface area contributed by atoms with Gasteiger partial charge in [-0.2, -0.15) is 0 Å². The van der Waals surface area contributed by atoms with Crippen LogP contribution in [0, 0.1) is 0 Å². The normalized spacial score (nSPS) is 11.4. The number of carbonyl (C=O) groups excluding carboxylic acids is 1. The molecule has 0 unspecified atom stereocenters. The molecule has 2 rings (SSSR count). The zero-order valence-corrected chi connectivity index (χ0v) is 16.6. The van der Waals surface area contributed by atoms with Crippen molar-refractivity contribution < 1.29 is 4.79 Å². The van der Waals surface area contributed by atoms with Gasteiger partial charge in [0.05, 0.1) is 6.54 Å². The van der Waals surface area contributed by atoms with Crippen LogP contribution in [0.15, 0.2) is 59.6 Å². The molecular formula is C21H29N5O. The van der Waals surface area contributed by atoms with Gasteiger partial charge in [-0.25, -0.2) is 0 Å². The number of nitrogens with zero attached hydrogens (tertiary/aromatic N) is 3. The zero-order valence-electron chi connectivity index (χ0n) is 16.6. The molecule has 0 aliphatic heterocycles. The SMILES string of the molecule is CN=C(NCc1cccc(NC(=O)CN(C)C)c1)N(C)Cc1ccccc1. The summed E-state index contributed by atoms with van der Waals surface area (Å²) in [5, 5.41) is 6.30. The van der Waals surface area contributed by atoms with E-state index in [0.29, 0.717) is 13.1 Å². The summed E-state index contributed by atoms with van der Waals surface area (Å²) in [5.74, 6) is 0.796. The first kappa shape index (κ1) is 20.5. The third kappa shape index (κ3) is 7.11. The summed E-state index contributed by atoms with van der Waals surface area (Å²) in [7, 11) is 7.54. The molecule has 2 aromatic carbocycles. The first-order chi connectivity index (χ1) is 13.0. The number of rotatable bonds is 7. The Morgan fingerprint density at radius 2 is 1.70 bits per heavy atom. The van der Waals surface area contributed by atoms with Gasteiger partial charge in [0.25, 0.3) is 0 Å². The molecule has 1 amide bonds. The van der Waals surface area contributed by atoms with E-state index in [9.17, 15) is 4.79 Å². The molecule has 0 fully saturated rings. The summed E-state index contributed by atoms with van der Waals surface area (Å²) in [6.45, 7) is 1.77. The Hall–Kier alpha value is -2.86. The van der Waals surface area contributed by atoms with E-state index in [1.54, 1.807) is 7.05 Å². The minimum Gasteiger partial charge on any atom is -0.352 e. The second-order valence-corrected chi connectivity index (χ2v) is 6.73. The van der Waals surface area contributed by atoms with Crippen molar-refractivity contribution >= 4 is 17.6 Å². The van der Waals surface area contributed by atoms with Gasteiger partial charge in [-0.05, 0) is 37.4 Å². The standard InChI is InChI=1S/C21H29N5O/c1-22-21(26(4)15-17-9-6-5-7-10-17)23-14-18-11-8-12-19(13-18)24-20(27)16-25(2)3/h5-13H,14-16H2,1-4H3,(H,22,23)(H,24,27). The molecule has 27 heavy (non-hydrogen) atoms. The number of benzene rings is 2. The van der Waals surface area contributed by atoms with Crippen molar-refractivity contribution in [1.82, 2.24) is 15.1 Å². The molecule has 144 valence electrons. The van der Waals surface area contributed by atoms with Crippen LogP contribution in [-0.2, 0) is 17.9 Å². The molecule has 0 aromatic heterocycles. The first-order valence-electron chi connectivity index (χ1n) is 8.97. The maximum absolute atomic E-state index is 11.9. The zero-order chi connectivity index (χ0) is 19.6. The molecule has 0 aliphatic rings. The van der Waals surface area contributed by atoms with Crippen LogP contribution in [-0.4, -0.2) is 56.4 Å². The lowest BCUT2D eigenvalue weighted by Crippen LogP contribution is -2.38. The third-order valence-electron chi connectivity index (χ3n) is 3.96. The highest BCUT2D eigenvalue weighted by Gasteiger charge is 2.08. The van der Waals surface area contributed by atoms with E-state index >= 15 is 0 Å². The lowest BCUT2D eigenvalue weighted by atomic mass is 10.2. The summed E-state index contributed by atoms with van der Waals surface area (Å²) >= 11 is 0. The van der Waals surface area contributed by atoms with E-state index in [1.165, 1.54) is 5.56 Å². The van der Waals surface area contributed by atoms with E-state index in [4.69, 9.17) is 0 Å². The van der Waals surface area contributed by atoms with Crippen LogP contribution < -0.4 is 10.6 Å². The number of likely N-dealkylation sites (N-methyl/N-ethyl adjacent to an activating group) is 1. The largest absolute Gasteiger partial charge is 0.352 e. The maximum Gasteiger partial charge on any atom is 0.238 e. The monoisotopic (exact) mass is 367 g/mol. The van der Waals surface area contributed by atoms with Crippen molar-refractivity contribution in [1.29, 1.82) is 0 Å². The molecule has 6 nitrogen and oxygen atoms in total. The van der Waals surface area contributed by atoms with Gasteiger partial charge >= 0.3 is 0 Å². The summed E-state index contributed by atoms with van der Waals surface area (Å²) in [6.07, 6.45) is 0. The predicted molar refractivity (Wildman–Crippen MR) is 112 cm³/mol. The molecule has 0 saturated heterocycles. The Bertz CT molecular complexity index is 758. The highest BCUT2D eigenvalue weighted by molar-refractivity contribution is 5.92. The van der Waals surface area contributed by atoms with Gasteiger partial charge in [0.1, 0.15) is 0 Å². The number of anilines is 1. The lowest BCUT2D eigenvalue weighted by Gasteiger charge is -2.22. The van der Waals surface area contributed by atoms with Crippen LogP contribution in [0.3, 0.4) is 0 Å². The van der Waals surface area contributed by atoms with Gasteiger partial charge in [-0.1, -0.05) is 42.5 Å². The molecule has 2 N–H and O–H groups in total. The average Bonchev–Trinajstić information content (AvgIpc) is 2.62. The lowest BCUT2D eigenvalue weighted by molar-refractivity contribution is -0.116. The number of carbonyl (C=O) groups is 1. The molecule has 6 heteroatoms. The minimum atomic E-state index is -0.0245. The quantitative estimate of drug-likeness (QED) is 0.583. The highest BCUT2D eigenvalue weighted by atomic mass is 16.2. The molecular weight excluding hydrogens is 338 g/mol. The van der Waals surface area contributed by atoms with Gasteiger partial charge in [0.2, 0.25) is 5.91 Å². The molecule has 0 radical (unpaired) electrons. The number of aliphatic imine (C=N–C) groups is 1. The number of guanidine groups is 1. The highest BCUT2D eigenvalue weighted by Crippen LogP contribution is 2.11. The predicted octanol–water partition coefficient (Wildman–Crippen LogP) is 2.39. The third-order valence-corrected chi connectivity index (χ3v) is 3.96. The minimum absolute atomic E-state index is 0.0245. The Morgan fingerprint density at radius 1 is 1.00 bits per heavy atom.